The number of nitrogens with zero attached hydrogens (tertiary/aromatic N) is 3. The highest BCUT2D eigenvalue weighted by Gasteiger charge is 2.23. The number of hydrazone groups is 1. The molecule has 4 rings (SSSR count). The lowest BCUT2D eigenvalue weighted by Gasteiger charge is -2.07. The second kappa shape index (κ2) is 8.38. The lowest BCUT2D eigenvalue weighted by molar-refractivity contribution is 0.0268. The molecular formula is C22H20N4O3S. The normalized spacial score (nSPS) is 11.2. The predicted octanol–water partition coefficient (Wildman–Crippen LogP) is 4.41. The number of hydrogen-bond acceptors (Lipinski definition) is 7. The number of rotatable bonds is 6. The van der Waals surface area contributed by atoms with Crippen LogP contribution in [0.1, 0.15) is 26.5 Å². The number of aryl methyl sites for hydroxylation is 2. The molecular weight excluding hydrogens is 400 g/mol. The molecule has 1 aromatic carbocycles. The third-order valence-corrected chi connectivity index (χ3v) is 5.58. The van der Waals surface area contributed by atoms with Gasteiger partial charge in [-0.25, -0.2) is 9.78 Å². The van der Waals surface area contributed by atoms with Gasteiger partial charge in [0.05, 0.1) is 19.0 Å². The fourth-order valence-corrected chi connectivity index (χ4v) is 4.37. The molecule has 0 radical (unpaired) electrons. The van der Waals surface area contributed by atoms with Crippen molar-refractivity contribution < 1.29 is 14.4 Å². The second-order valence-corrected chi connectivity index (χ2v) is 7.64. The van der Waals surface area contributed by atoms with Gasteiger partial charge in [0.1, 0.15) is 15.5 Å². The minimum atomic E-state index is -0.523. The third-order valence-electron chi connectivity index (χ3n) is 4.53. The topological polar surface area (TPSA) is 77.7 Å². The zero-order chi connectivity index (χ0) is 21.1. The summed E-state index contributed by atoms with van der Waals surface area (Å²) in [7, 11) is 1.61. The third kappa shape index (κ3) is 3.90. The van der Waals surface area contributed by atoms with Crippen molar-refractivity contribution in [2.75, 3.05) is 7.11 Å². The molecule has 8 heteroatoms. The standard InChI is InChI=1S/C22H20N4O3S/c1-14-12-15(2)24-21-18(14)19(26-10-4-5-11-26)20(30-21)22(27)29-25-23-13-16-6-8-17(28-3)9-7-16/h4-13,25H,1-3H3/b23-13+. The molecule has 0 aliphatic carbocycles. The zero-order valence-electron chi connectivity index (χ0n) is 16.7. The minimum Gasteiger partial charge on any atom is -0.497 e. The van der Waals surface area contributed by atoms with E-state index in [4.69, 9.17) is 9.57 Å². The average Bonchev–Trinajstić information content (AvgIpc) is 3.39. The summed E-state index contributed by atoms with van der Waals surface area (Å²) >= 11 is 1.30. The molecule has 0 bridgehead atoms. The van der Waals surface area contributed by atoms with E-state index in [0.29, 0.717) is 4.88 Å². The first-order valence-corrected chi connectivity index (χ1v) is 10.1. The summed E-state index contributed by atoms with van der Waals surface area (Å²) in [5, 5.41) is 4.90. The molecule has 0 aliphatic heterocycles. The van der Waals surface area contributed by atoms with Crippen LogP contribution in [-0.4, -0.2) is 28.8 Å². The molecule has 0 saturated heterocycles. The first-order valence-electron chi connectivity index (χ1n) is 9.24. The van der Waals surface area contributed by atoms with Gasteiger partial charge < -0.3 is 14.1 Å². The first kappa shape index (κ1) is 19.7. The van der Waals surface area contributed by atoms with Gasteiger partial charge in [0.25, 0.3) is 0 Å². The van der Waals surface area contributed by atoms with Crippen LogP contribution in [0.2, 0.25) is 0 Å². The van der Waals surface area contributed by atoms with E-state index in [1.807, 2.05) is 73.3 Å². The predicted molar refractivity (Wildman–Crippen MR) is 118 cm³/mol. The number of carbonyl (C=O) groups excluding carboxylic acids is 1. The van der Waals surface area contributed by atoms with E-state index in [9.17, 15) is 4.79 Å². The highest BCUT2D eigenvalue weighted by atomic mass is 32.1. The van der Waals surface area contributed by atoms with Crippen molar-refractivity contribution in [1.82, 2.24) is 15.1 Å². The Bertz CT molecular complexity index is 1210. The van der Waals surface area contributed by atoms with Gasteiger partial charge in [-0.15, -0.1) is 16.9 Å². The Labute approximate surface area is 177 Å². The van der Waals surface area contributed by atoms with Crippen molar-refractivity contribution >= 4 is 33.7 Å². The van der Waals surface area contributed by atoms with Gasteiger partial charge in [-0.05, 0) is 67.4 Å². The molecule has 0 spiro atoms. The fourth-order valence-electron chi connectivity index (χ4n) is 3.20. The fraction of sp³-hybridized carbons (Fsp3) is 0.136. The molecule has 0 amide bonds. The largest absolute Gasteiger partial charge is 0.497 e. The van der Waals surface area contributed by atoms with E-state index in [1.54, 1.807) is 13.3 Å². The number of carbonyl (C=O) groups is 1. The highest BCUT2D eigenvalue weighted by Crippen LogP contribution is 2.36. The minimum absolute atomic E-state index is 0.453. The average molecular weight is 420 g/mol. The van der Waals surface area contributed by atoms with E-state index in [2.05, 4.69) is 15.7 Å². The van der Waals surface area contributed by atoms with Gasteiger partial charge in [0, 0.05) is 23.5 Å². The molecule has 0 unspecified atom stereocenters. The summed E-state index contributed by atoms with van der Waals surface area (Å²) in [6.45, 7) is 3.96. The Morgan fingerprint density at radius 3 is 2.63 bits per heavy atom. The number of methoxy groups -OCH3 is 1. The molecule has 3 aromatic heterocycles. The number of fused-ring (bicyclic) bond motifs is 1. The number of pyridine rings is 1. The molecule has 0 saturated carbocycles. The first-order chi connectivity index (χ1) is 14.6. The van der Waals surface area contributed by atoms with E-state index in [-0.39, 0.29) is 0 Å². The van der Waals surface area contributed by atoms with E-state index >= 15 is 0 Å². The lowest BCUT2D eigenvalue weighted by atomic mass is 10.1. The van der Waals surface area contributed by atoms with Crippen LogP contribution >= 0.6 is 11.3 Å². The summed E-state index contributed by atoms with van der Waals surface area (Å²) in [5.41, 5.74) is 5.93. The summed E-state index contributed by atoms with van der Waals surface area (Å²) < 4.78 is 7.03. The second-order valence-electron chi connectivity index (χ2n) is 6.64. The molecule has 152 valence electrons. The summed E-state index contributed by atoms with van der Waals surface area (Å²) in [5.74, 6) is 0.235. The van der Waals surface area contributed by atoms with Crippen molar-refractivity contribution in [2.45, 2.75) is 13.8 Å². The molecule has 0 fully saturated rings. The van der Waals surface area contributed by atoms with Crippen LogP contribution in [0.4, 0.5) is 0 Å². The lowest BCUT2D eigenvalue weighted by Crippen LogP contribution is -2.15. The van der Waals surface area contributed by atoms with Gasteiger partial charge in [-0.1, -0.05) is 0 Å². The Hall–Kier alpha value is -3.65. The Morgan fingerprint density at radius 1 is 1.20 bits per heavy atom. The number of aromatic nitrogens is 2. The molecule has 3 heterocycles. The van der Waals surface area contributed by atoms with E-state index in [1.165, 1.54) is 11.3 Å². The molecule has 30 heavy (non-hydrogen) atoms. The maximum atomic E-state index is 12.8. The summed E-state index contributed by atoms with van der Waals surface area (Å²) in [6, 6.07) is 13.2. The van der Waals surface area contributed by atoms with Gasteiger partial charge >= 0.3 is 5.97 Å². The van der Waals surface area contributed by atoms with Crippen LogP contribution in [0.5, 0.6) is 5.75 Å². The smallest absolute Gasteiger partial charge is 0.376 e. The Balaban J connectivity index is 1.57. The maximum Gasteiger partial charge on any atom is 0.376 e. The van der Waals surface area contributed by atoms with Crippen LogP contribution < -0.4 is 10.3 Å². The van der Waals surface area contributed by atoms with Crippen LogP contribution in [0.15, 0.2) is 60.0 Å². The SMILES string of the molecule is COc1ccc(/C=N/NOC(=O)c2sc3nc(C)cc(C)c3c2-n2cccc2)cc1. The van der Waals surface area contributed by atoms with Crippen LogP contribution in [0.25, 0.3) is 15.9 Å². The number of thiophene rings is 1. The van der Waals surface area contributed by atoms with Gasteiger partial charge in [-0.2, -0.15) is 5.10 Å². The Kier molecular flexibility index (Phi) is 5.49. The zero-order valence-corrected chi connectivity index (χ0v) is 17.6. The monoisotopic (exact) mass is 420 g/mol. The van der Waals surface area contributed by atoms with Crippen molar-refractivity contribution in [3.05, 3.63) is 76.6 Å². The van der Waals surface area contributed by atoms with Crippen LogP contribution in [0, 0.1) is 13.8 Å². The van der Waals surface area contributed by atoms with Crippen molar-refractivity contribution in [2.24, 2.45) is 5.10 Å². The quantitative estimate of drug-likeness (QED) is 0.369. The van der Waals surface area contributed by atoms with Crippen molar-refractivity contribution in [3.8, 4) is 11.4 Å². The van der Waals surface area contributed by atoms with Crippen molar-refractivity contribution in [1.29, 1.82) is 0 Å². The van der Waals surface area contributed by atoms with Crippen molar-refractivity contribution in [3.63, 3.8) is 0 Å². The summed E-state index contributed by atoms with van der Waals surface area (Å²) in [6.07, 6.45) is 5.35. The molecule has 0 atom stereocenters. The van der Waals surface area contributed by atoms with Gasteiger partial charge in [0.2, 0.25) is 0 Å². The number of hydrogen-bond donors (Lipinski definition) is 1. The molecule has 4 aromatic rings. The molecule has 0 aliphatic rings. The van der Waals surface area contributed by atoms with Crippen LogP contribution in [-0.2, 0) is 4.84 Å². The molecule has 7 nitrogen and oxygen atoms in total. The highest BCUT2D eigenvalue weighted by molar-refractivity contribution is 7.21. The Morgan fingerprint density at radius 2 is 1.93 bits per heavy atom. The molecule has 1 N–H and O–H groups in total. The van der Waals surface area contributed by atoms with E-state index < -0.39 is 5.97 Å². The van der Waals surface area contributed by atoms with Gasteiger partial charge in [-0.3, -0.25) is 0 Å². The number of benzene rings is 1. The maximum absolute atomic E-state index is 12.8. The number of ether oxygens (including phenoxy) is 1. The van der Waals surface area contributed by atoms with Gasteiger partial charge in [0.15, 0.2) is 0 Å². The van der Waals surface area contributed by atoms with Crippen LogP contribution in [0.3, 0.4) is 0 Å². The van der Waals surface area contributed by atoms with E-state index in [0.717, 1.165) is 38.5 Å². The number of nitrogens with one attached hydrogen (secondary N) is 1. The summed E-state index contributed by atoms with van der Waals surface area (Å²) in [4.78, 5) is 23.9.